The number of nitrogens with zero attached hydrogens (tertiary/aromatic N) is 1. The topological polar surface area (TPSA) is 49.4 Å². The minimum Gasteiger partial charge on any atom is -0.353 e. The van der Waals surface area contributed by atoms with Crippen LogP contribution in [0.15, 0.2) is 23.8 Å². The first-order valence-corrected chi connectivity index (χ1v) is 5.20. The van der Waals surface area contributed by atoms with Gasteiger partial charge in [0, 0.05) is 18.7 Å². The molecule has 1 aliphatic carbocycles. The minimum atomic E-state index is -0.0741. The molecule has 0 atom stereocenters. The normalized spacial score (nSPS) is 20.9. The highest BCUT2D eigenvalue weighted by Gasteiger charge is 2.22. The summed E-state index contributed by atoms with van der Waals surface area (Å²) in [6.07, 6.45) is 7.69. The van der Waals surface area contributed by atoms with Gasteiger partial charge in [-0.1, -0.05) is 18.2 Å². The predicted molar refractivity (Wildman–Crippen MR) is 56.0 cm³/mol. The predicted octanol–water partition coefficient (Wildman–Crippen LogP) is 0.221. The van der Waals surface area contributed by atoms with Gasteiger partial charge in [0.25, 0.3) is 5.91 Å². The van der Waals surface area contributed by atoms with E-state index in [0.717, 1.165) is 18.4 Å². The van der Waals surface area contributed by atoms with Gasteiger partial charge in [-0.25, -0.2) is 0 Å². The van der Waals surface area contributed by atoms with Gasteiger partial charge in [0.1, 0.15) is 0 Å². The van der Waals surface area contributed by atoms with Crippen molar-refractivity contribution in [3.05, 3.63) is 23.8 Å². The van der Waals surface area contributed by atoms with Crippen LogP contribution in [0.2, 0.25) is 0 Å². The summed E-state index contributed by atoms with van der Waals surface area (Å²) in [6, 6.07) is 0. The number of nitrogens with one attached hydrogen (secondary N) is 1. The molecule has 0 spiro atoms. The third kappa shape index (κ3) is 2.26. The van der Waals surface area contributed by atoms with Crippen LogP contribution in [0.1, 0.15) is 12.8 Å². The first-order chi connectivity index (χ1) is 7.27. The maximum Gasteiger partial charge on any atom is 0.254 e. The molecule has 1 saturated heterocycles. The van der Waals surface area contributed by atoms with Gasteiger partial charge in [-0.05, 0) is 12.8 Å². The third-order valence-electron chi connectivity index (χ3n) is 2.57. The fourth-order valence-electron chi connectivity index (χ4n) is 1.77. The maximum atomic E-state index is 11.9. The molecular formula is C11H14N2O2. The van der Waals surface area contributed by atoms with Crippen molar-refractivity contribution >= 4 is 11.8 Å². The summed E-state index contributed by atoms with van der Waals surface area (Å²) in [7, 11) is 0. The van der Waals surface area contributed by atoms with E-state index in [2.05, 4.69) is 5.32 Å². The van der Waals surface area contributed by atoms with Crippen molar-refractivity contribution in [1.29, 1.82) is 0 Å². The summed E-state index contributed by atoms with van der Waals surface area (Å²) in [5.74, 6) is -0.101. The number of piperazine rings is 1. The molecule has 0 aromatic rings. The summed E-state index contributed by atoms with van der Waals surface area (Å²) >= 11 is 0. The van der Waals surface area contributed by atoms with Crippen molar-refractivity contribution in [2.24, 2.45) is 0 Å². The molecule has 2 amide bonds. The Morgan fingerprint density at radius 3 is 2.93 bits per heavy atom. The summed E-state index contributed by atoms with van der Waals surface area (Å²) in [4.78, 5) is 24.6. The van der Waals surface area contributed by atoms with Crippen molar-refractivity contribution in [2.45, 2.75) is 12.8 Å². The van der Waals surface area contributed by atoms with E-state index >= 15 is 0 Å². The fourth-order valence-corrected chi connectivity index (χ4v) is 1.77. The number of allylic oxidation sites excluding steroid dienone is 2. The van der Waals surface area contributed by atoms with E-state index in [4.69, 9.17) is 0 Å². The Bertz CT molecular complexity index is 344. The SMILES string of the molecule is O=C1CN(C(=O)C2=CCCC=C2)CCN1. The summed E-state index contributed by atoms with van der Waals surface area (Å²) in [5, 5.41) is 2.70. The van der Waals surface area contributed by atoms with E-state index < -0.39 is 0 Å². The third-order valence-corrected chi connectivity index (χ3v) is 2.57. The van der Waals surface area contributed by atoms with Crippen molar-refractivity contribution in [2.75, 3.05) is 19.6 Å². The molecule has 4 nitrogen and oxygen atoms in total. The zero-order valence-corrected chi connectivity index (χ0v) is 8.53. The van der Waals surface area contributed by atoms with Gasteiger partial charge in [0.15, 0.2) is 0 Å². The van der Waals surface area contributed by atoms with Crippen molar-refractivity contribution < 1.29 is 9.59 Å². The molecule has 2 aliphatic rings. The molecule has 0 unspecified atom stereocenters. The zero-order valence-electron chi connectivity index (χ0n) is 8.53. The van der Waals surface area contributed by atoms with Gasteiger partial charge in [0.2, 0.25) is 5.91 Å². The van der Waals surface area contributed by atoms with E-state index in [1.54, 1.807) is 4.90 Å². The second kappa shape index (κ2) is 4.29. The number of hydrogen-bond donors (Lipinski definition) is 1. The molecule has 15 heavy (non-hydrogen) atoms. The van der Waals surface area contributed by atoms with Gasteiger partial charge in [-0.2, -0.15) is 0 Å². The molecule has 0 radical (unpaired) electrons. The quantitative estimate of drug-likeness (QED) is 0.667. The Labute approximate surface area is 88.6 Å². The van der Waals surface area contributed by atoms with Crippen LogP contribution >= 0.6 is 0 Å². The van der Waals surface area contributed by atoms with Crippen LogP contribution in [-0.2, 0) is 9.59 Å². The van der Waals surface area contributed by atoms with E-state index in [-0.39, 0.29) is 18.4 Å². The van der Waals surface area contributed by atoms with Gasteiger partial charge in [-0.3, -0.25) is 9.59 Å². The zero-order chi connectivity index (χ0) is 10.7. The lowest BCUT2D eigenvalue weighted by Crippen LogP contribution is -2.50. The van der Waals surface area contributed by atoms with E-state index in [0.29, 0.717) is 13.1 Å². The maximum absolute atomic E-state index is 11.9. The lowest BCUT2D eigenvalue weighted by atomic mass is 10.1. The average Bonchev–Trinajstić information content (AvgIpc) is 2.29. The van der Waals surface area contributed by atoms with Crippen LogP contribution in [0.25, 0.3) is 0 Å². The number of carbonyl (C=O) groups excluding carboxylic acids is 2. The summed E-state index contributed by atoms with van der Waals surface area (Å²) in [6.45, 7) is 1.35. The number of amides is 2. The molecule has 1 fully saturated rings. The number of carbonyl (C=O) groups is 2. The molecule has 1 heterocycles. The monoisotopic (exact) mass is 206 g/mol. The highest BCUT2D eigenvalue weighted by Crippen LogP contribution is 2.12. The first kappa shape index (κ1) is 9.96. The smallest absolute Gasteiger partial charge is 0.254 e. The van der Waals surface area contributed by atoms with Crippen molar-refractivity contribution in [3.8, 4) is 0 Å². The molecule has 0 saturated carbocycles. The lowest BCUT2D eigenvalue weighted by molar-refractivity contribution is -0.135. The highest BCUT2D eigenvalue weighted by atomic mass is 16.2. The van der Waals surface area contributed by atoms with E-state index in [1.807, 2.05) is 18.2 Å². The van der Waals surface area contributed by atoms with Crippen molar-refractivity contribution in [3.63, 3.8) is 0 Å². The summed E-state index contributed by atoms with van der Waals surface area (Å²) < 4.78 is 0. The van der Waals surface area contributed by atoms with Crippen LogP contribution in [0, 0.1) is 0 Å². The second-order valence-corrected chi connectivity index (χ2v) is 3.72. The van der Waals surface area contributed by atoms with Crippen LogP contribution in [-0.4, -0.2) is 36.3 Å². The largest absolute Gasteiger partial charge is 0.353 e. The standard InChI is InChI=1S/C11H14N2O2/c14-10-8-13(7-6-12-10)11(15)9-4-2-1-3-5-9/h2,4-5H,1,3,6-8H2,(H,12,14). The van der Waals surface area contributed by atoms with Crippen LogP contribution in [0.5, 0.6) is 0 Å². The highest BCUT2D eigenvalue weighted by molar-refractivity contribution is 5.98. The van der Waals surface area contributed by atoms with Crippen LogP contribution in [0.4, 0.5) is 0 Å². The minimum absolute atomic E-state index is 0.0270. The Kier molecular flexibility index (Phi) is 2.85. The second-order valence-electron chi connectivity index (χ2n) is 3.72. The Morgan fingerprint density at radius 2 is 2.27 bits per heavy atom. The number of rotatable bonds is 1. The molecule has 4 heteroatoms. The molecular weight excluding hydrogens is 192 g/mol. The van der Waals surface area contributed by atoms with Crippen LogP contribution < -0.4 is 5.32 Å². The Morgan fingerprint density at radius 1 is 1.40 bits per heavy atom. The fraction of sp³-hybridized carbons (Fsp3) is 0.455. The van der Waals surface area contributed by atoms with E-state index in [1.165, 1.54) is 0 Å². The van der Waals surface area contributed by atoms with Gasteiger partial charge in [-0.15, -0.1) is 0 Å². The molecule has 1 aliphatic heterocycles. The van der Waals surface area contributed by atoms with Gasteiger partial charge >= 0.3 is 0 Å². The summed E-state index contributed by atoms with van der Waals surface area (Å²) in [5.41, 5.74) is 0.718. The van der Waals surface area contributed by atoms with Gasteiger partial charge in [0.05, 0.1) is 6.54 Å². The first-order valence-electron chi connectivity index (χ1n) is 5.20. The Hall–Kier alpha value is -1.58. The average molecular weight is 206 g/mol. The number of hydrogen-bond acceptors (Lipinski definition) is 2. The molecule has 0 aromatic heterocycles. The van der Waals surface area contributed by atoms with Crippen LogP contribution in [0.3, 0.4) is 0 Å². The molecule has 2 rings (SSSR count). The van der Waals surface area contributed by atoms with Crippen molar-refractivity contribution in [1.82, 2.24) is 10.2 Å². The molecule has 0 aromatic carbocycles. The molecule has 80 valence electrons. The van der Waals surface area contributed by atoms with E-state index in [9.17, 15) is 9.59 Å². The Balaban J connectivity index is 2.03. The van der Waals surface area contributed by atoms with Gasteiger partial charge < -0.3 is 10.2 Å². The molecule has 1 N–H and O–H groups in total. The molecule has 0 bridgehead atoms. The lowest BCUT2D eigenvalue weighted by Gasteiger charge is -2.27.